The molecule has 1 atom stereocenters. The second kappa shape index (κ2) is 7.07. The normalized spacial score (nSPS) is 12.6. The molecule has 0 bridgehead atoms. The minimum Gasteiger partial charge on any atom is -0.489 e. The topological polar surface area (TPSA) is 46.5 Å². The van der Waals surface area contributed by atoms with Crippen LogP contribution in [0.2, 0.25) is 5.02 Å². The monoisotopic (exact) mass is 268 g/mol. The highest BCUT2D eigenvalue weighted by Gasteiger charge is 2.10. The third kappa shape index (κ3) is 4.41. The minimum absolute atomic E-state index is 0.0480. The van der Waals surface area contributed by atoms with Gasteiger partial charge in [0.2, 0.25) is 0 Å². The van der Waals surface area contributed by atoms with Crippen LogP contribution >= 0.6 is 11.6 Å². The molecule has 4 heteroatoms. The summed E-state index contributed by atoms with van der Waals surface area (Å²) >= 11 is 6.08. The highest BCUT2D eigenvalue weighted by molar-refractivity contribution is 6.32. The number of halogens is 1. The van der Waals surface area contributed by atoms with Gasteiger partial charge in [-0.3, -0.25) is 0 Å². The van der Waals surface area contributed by atoms with Crippen LogP contribution in [-0.4, -0.2) is 17.2 Å². The van der Waals surface area contributed by atoms with E-state index in [1.54, 1.807) is 18.2 Å². The van der Waals surface area contributed by atoms with Crippen LogP contribution in [0.1, 0.15) is 32.3 Å². The van der Waals surface area contributed by atoms with Crippen molar-refractivity contribution in [3.63, 3.8) is 0 Å². The zero-order valence-corrected chi connectivity index (χ0v) is 11.3. The van der Waals surface area contributed by atoms with Crippen molar-refractivity contribution in [2.75, 3.05) is 0 Å². The maximum Gasteiger partial charge on any atom is 0.328 e. The van der Waals surface area contributed by atoms with Gasteiger partial charge in [-0.15, -0.1) is 0 Å². The molecular weight excluding hydrogens is 252 g/mol. The zero-order valence-electron chi connectivity index (χ0n) is 10.5. The van der Waals surface area contributed by atoms with Gasteiger partial charge in [0.25, 0.3) is 0 Å². The van der Waals surface area contributed by atoms with Gasteiger partial charge >= 0.3 is 5.97 Å². The first-order valence-electron chi connectivity index (χ1n) is 5.90. The SMILES string of the molecule is CCCC(C)Oc1c(Cl)cccc1/C=C/C(=O)O. The summed E-state index contributed by atoms with van der Waals surface area (Å²) < 4.78 is 5.77. The molecule has 1 aromatic carbocycles. The third-order valence-corrected chi connectivity index (χ3v) is 2.71. The van der Waals surface area contributed by atoms with Crippen molar-refractivity contribution in [2.45, 2.75) is 32.8 Å². The molecule has 0 aliphatic heterocycles. The van der Waals surface area contributed by atoms with Gasteiger partial charge in [-0.1, -0.05) is 37.1 Å². The van der Waals surface area contributed by atoms with E-state index in [4.69, 9.17) is 21.4 Å². The Morgan fingerprint density at radius 2 is 2.28 bits per heavy atom. The molecule has 0 fully saturated rings. The third-order valence-electron chi connectivity index (χ3n) is 2.42. The van der Waals surface area contributed by atoms with E-state index in [1.165, 1.54) is 6.08 Å². The summed E-state index contributed by atoms with van der Waals surface area (Å²) in [6.07, 6.45) is 4.55. The molecule has 0 aliphatic carbocycles. The summed E-state index contributed by atoms with van der Waals surface area (Å²) in [7, 11) is 0. The molecule has 0 radical (unpaired) electrons. The standard InChI is InChI=1S/C14H17ClO3/c1-3-5-10(2)18-14-11(8-9-13(16)17)6-4-7-12(14)15/h4,6-10H,3,5H2,1-2H3,(H,16,17)/b9-8+. The smallest absolute Gasteiger partial charge is 0.328 e. The Balaban J connectivity index is 2.97. The molecule has 0 spiro atoms. The average Bonchev–Trinajstić information content (AvgIpc) is 2.30. The fourth-order valence-corrected chi connectivity index (χ4v) is 1.84. The van der Waals surface area contributed by atoms with Crippen molar-refractivity contribution in [2.24, 2.45) is 0 Å². The number of rotatable bonds is 6. The molecule has 0 saturated carbocycles. The number of carbonyl (C=O) groups is 1. The molecule has 1 N–H and O–H groups in total. The predicted molar refractivity (Wildman–Crippen MR) is 73.1 cm³/mol. The van der Waals surface area contributed by atoms with Crippen molar-refractivity contribution < 1.29 is 14.6 Å². The maximum absolute atomic E-state index is 10.5. The van der Waals surface area contributed by atoms with Gasteiger partial charge in [-0.2, -0.15) is 0 Å². The van der Waals surface area contributed by atoms with Crippen LogP contribution in [0.15, 0.2) is 24.3 Å². The van der Waals surface area contributed by atoms with Crippen LogP contribution < -0.4 is 4.74 Å². The molecule has 18 heavy (non-hydrogen) atoms. The Morgan fingerprint density at radius 3 is 2.89 bits per heavy atom. The number of benzene rings is 1. The summed E-state index contributed by atoms with van der Waals surface area (Å²) in [6, 6.07) is 5.27. The van der Waals surface area contributed by atoms with Crippen LogP contribution in [0.5, 0.6) is 5.75 Å². The summed E-state index contributed by atoms with van der Waals surface area (Å²) in [5.74, 6) is -0.458. The zero-order chi connectivity index (χ0) is 13.5. The van der Waals surface area contributed by atoms with Crippen LogP contribution in [0.25, 0.3) is 6.08 Å². The molecule has 1 rings (SSSR count). The van der Waals surface area contributed by atoms with E-state index in [2.05, 4.69) is 6.92 Å². The van der Waals surface area contributed by atoms with Crippen LogP contribution in [0, 0.1) is 0 Å². The van der Waals surface area contributed by atoms with Crippen molar-refractivity contribution in [3.8, 4) is 5.75 Å². The number of hydrogen-bond acceptors (Lipinski definition) is 2. The largest absolute Gasteiger partial charge is 0.489 e. The summed E-state index contributed by atoms with van der Waals surface area (Å²) in [6.45, 7) is 4.05. The number of hydrogen-bond donors (Lipinski definition) is 1. The van der Waals surface area contributed by atoms with Gasteiger partial charge in [-0.25, -0.2) is 4.79 Å². The van der Waals surface area contributed by atoms with E-state index < -0.39 is 5.97 Å². The van der Waals surface area contributed by atoms with Crippen LogP contribution in [0.4, 0.5) is 0 Å². The molecule has 0 aliphatic rings. The molecule has 1 aromatic rings. The Bertz CT molecular complexity index is 441. The van der Waals surface area contributed by atoms with Crippen molar-refractivity contribution in [3.05, 3.63) is 34.9 Å². The fourth-order valence-electron chi connectivity index (χ4n) is 1.61. The fraction of sp³-hybridized carbons (Fsp3) is 0.357. The van der Waals surface area contributed by atoms with Crippen molar-refractivity contribution >= 4 is 23.6 Å². The molecule has 0 aromatic heterocycles. The number of para-hydroxylation sites is 1. The lowest BCUT2D eigenvalue weighted by molar-refractivity contribution is -0.131. The summed E-state index contributed by atoms with van der Waals surface area (Å²) in [5, 5.41) is 9.13. The van der Waals surface area contributed by atoms with E-state index in [0.29, 0.717) is 16.3 Å². The van der Waals surface area contributed by atoms with Crippen molar-refractivity contribution in [1.82, 2.24) is 0 Å². The van der Waals surface area contributed by atoms with Gasteiger partial charge in [-0.05, 0) is 25.5 Å². The first-order chi connectivity index (χ1) is 8.54. The second-order valence-electron chi connectivity index (χ2n) is 4.05. The van der Waals surface area contributed by atoms with E-state index >= 15 is 0 Å². The summed E-state index contributed by atoms with van der Waals surface area (Å²) in [4.78, 5) is 10.5. The molecule has 0 heterocycles. The summed E-state index contributed by atoms with van der Waals surface area (Å²) in [5.41, 5.74) is 0.674. The quantitative estimate of drug-likeness (QED) is 0.793. The van der Waals surface area contributed by atoms with Crippen LogP contribution in [0.3, 0.4) is 0 Å². The Labute approximate surface area is 112 Å². The van der Waals surface area contributed by atoms with Gasteiger partial charge in [0.15, 0.2) is 0 Å². The molecule has 3 nitrogen and oxygen atoms in total. The van der Waals surface area contributed by atoms with Gasteiger partial charge < -0.3 is 9.84 Å². The molecule has 0 saturated heterocycles. The molecule has 0 amide bonds. The maximum atomic E-state index is 10.5. The van der Waals surface area contributed by atoms with E-state index in [9.17, 15) is 4.79 Å². The second-order valence-corrected chi connectivity index (χ2v) is 4.45. The number of carboxylic acid groups (broad SMARTS) is 1. The lowest BCUT2D eigenvalue weighted by Crippen LogP contribution is -2.12. The lowest BCUT2D eigenvalue weighted by atomic mass is 10.1. The van der Waals surface area contributed by atoms with Crippen LogP contribution in [-0.2, 0) is 4.79 Å². The molecular formula is C14H17ClO3. The van der Waals surface area contributed by atoms with Gasteiger partial charge in [0.05, 0.1) is 11.1 Å². The minimum atomic E-state index is -0.998. The average molecular weight is 269 g/mol. The highest BCUT2D eigenvalue weighted by Crippen LogP contribution is 2.31. The van der Waals surface area contributed by atoms with E-state index in [-0.39, 0.29) is 6.10 Å². The van der Waals surface area contributed by atoms with Gasteiger partial charge in [0.1, 0.15) is 5.75 Å². The van der Waals surface area contributed by atoms with E-state index in [1.807, 2.05) is 6.92 Å². The number of ether oxygens (including phenoxy) is 1. The molecule has 98 valence electrons. The van der Waals surface area contributed by atoms with E-state index in [0.717, 1.165) is 18.9 Å². The Kier molecular flexibility index (Phi) is 5.72. The Hall–Kier alpha value is -1.48. The first kappa shape index (κ1) is 14.6. The van der Waals surface area contributed by atoms with Crippen molar-refractivity contribution in [1.29, 1.82) is 0 Å². The first-order valence-corrected chi connectivity index (χ1v) is 6.28. The number of aliphatic carboxylic acids is 1. The van der Waals surface area contributed by atoms with Gasteiger partial charge in [0, 0.05) is 11.6 Å². The number of carboxylic acids is 1. The Morgan fingerprint density at radius 1 is 1.56 bits per heavy atom. The predicted octanol–water partition coefficient (Wildman–Crippen LogP) is 4.01. The lowest BCUT2D eigenvalue weighted by Gasteiger charge is -2.16. The highest BCUT2D eigenvalue weighted by atomic mass is 35.5. The molecule has 1 unspecified atom stereocenters.